The first-order valence-corrected chi connectivity index (χ1v) is 29.8. The monoisotopic (exact) mass is 947 g/mol. The van der Waals surface area contributed by atoms with Crippen LogP contribution in [0.4, 0.5) is 0 Å². The van der Waals surface area contributed by atoms with Gasteiger partial charge in [0.1, 0.15) is 0 Å². The number of methoxy groups -OCH3 is 2. The van der Waals surface area contributed by atoms with E-state index >= 15 is 0 Å². The molecular weight excluding hydrogens is 883 g/mol. The number of carboxylic acids is 1. The van der Waals surface area contributed by atoms with Crippen LogP contribution in [0.2, 0.25) is 13.3 Å². The molecule has 2 N–H and O–H groups in total. The standard InChI is InChI=1S/C8H11NO2S.C7H9NO2S.C7H11NS.C5H4NO2S.3C4H9.H2O.Sn/c1-5(2)6-4-12-7(9-6)8(10)11-3;1-4(2)5-3-11-6(8-5)7(9)10;1-5(2)7-4-9-6(3)8-7;1-8-5(7)4-6-2-3-9-4;3*1-3-4-2;;/h4-5H,1-3H3;3-4H,1-2H3,(H,9,10);4-5H,1-3H3;3H,1H3;3*1,3-4H2,2H3;1H2;/p-1. The van der Waals surface area contributed by atoms with Gasteiger partial charge in [0.15, 0.2) is 0 Å². The van der Waals surface area contributed by atoms with Crippen LogP contribution in [-0.2, 0) is 9.47 Å². The molecule has 0 atom stereocenters. The fourth-order valence-electron chi connectivity index (χ4n) is 5.03. The summed E-state index contributed by atoms with van der Waals surface area (Å²) in [5.74, 6) is -0.333. The molecule has 0 saturated carbocycles. The van der Waals surface area contributed by atoms with Crippen molar-refractivity contribution in [2.45, 2.75) is 139 Å². The van der Waals surface area contributed by atoms with Gasteiger partial charge in [-0.1, -0.05) is 41.5 Å². The van der Waals surface area contributed by atoms with Gasteiger partial charge in [-0.3, -0.25) is 0 Å². The Bertz CT molecular complexity index is 1640. The number of unbranched alkanes of at least 4 members (excludes halogenated alkanes) is 3. The van der Waals surface area contributed by atoms with E-state index in [1.165, 1.54) is 114 Å². The van der Waals surface area contributed by atoms with Gasteiger partial charge in [-0.05, 0) is 24.7 Å². The number of hydrogen-bond donors (Lipinski definition) is 1. The van der Waals surface area contributed by atoms with Crippen LogP contribution < -0.4 is 3.71 Å². The number of carbonyl (C=O) groups is 3. The van der Waals surface area contributed by atoms with Gasteiger partial charge in [-0.25, -0.2) is 24.5 Å². The molecule has 4 heterocycles. The molecule has 55 heavy (non-hydrogen) atoms. The van der Waals surface area contributed by atoms with Gasteiger partial charge in [0, 0.05) is 16.1 Å². The first-order chi connectivity index (χ1) is 25.6. The Labute approximate surface area is 349 Å². The van der Waals surface area contributed by atoms with E-state index in [0.717, 1.165) is 11.4 Å². The van der Waals surface area contributed by atoms with E-state index in [2.05, 4.69) is 65.1 Å². The Morgan fingerprint density at radius 2 is 0.982 bits per heavy atom. The fraction of sp³-hybridized carbons (Fsp3) is 0.615. The topological polar surface area (TPSA) is 171 Å². The molecule has 0 aliphatic carbocycles. The van der Waals surface area contributed by atoms with Gasteiger partial charge in [0.05, 0.1) is 29.2 Å². The molecule has 0 saturated heterocycles. The first kappa shape index (κ1) is 52.7. The van der Waals surface area contributed by atoms with Crippen LogP contribution in [0.1, 0.15) is 170 Å². The summed E-state index contributed by atoms with van der Waals surface area (Å²) in [5.41, 5.74) is 3.02. The third-order valence-electron chi connectivity index (χ3n) is 8.43. The summed E-state index contributed by atoms with van der Waals surface area (Å²) >= 11 is 3.23. The van der Waals surface area contributed by atoms with Gasteiger partial charge in [-0.15, -0.1) is 34.0 Å². The second kappa shape index (κ2) is 28.1. The summed E-state index contributed by atoms with van der Waals surface area (Å²) in [6, 6.07) is 0. The zero-order valence-corrected chi connectivity index (χ0v) is 40.9. The number of hydrogen-bond acceptors (Lipinski definition) is 14. The molecule has 11 nitrogen and oxygen atoms in total. The Kier molecular flexibility index (Phi) is 27.0. The molecule has 0 radical (unpaired) electrons. The third kappa shape index (κ3) is 18.7. The van der Waals surface area contributed by atoms with Gasteiger partial charge < -0.3 is 15.3 Å². The fourth-order valence-corrected chi connectivity index (χ4v) is 25.4. The van der Waals surface area contributed by atoms with E-state index in [1.54, 1.807) is 16.7 Å². The number of carbonyl (C=O) groups excluding carboxylic acids is 2. The third-order valence-corrected chi connectivity index (χ3v) is 27.4. The summed E-state index contributed by atoms with van der Waals surface area (Å²) in [5, 5.41) is 18.8. The molecule has 16 heteroatoms. The summed E-state index contributed by atoms with van der Waals surface area (Å²) in [6.07, 6.45) is 7.71. The molecule has 4 aromatic rings. The molecule has 0 spiro atoms. The van der Waals surface area contributed by atoms with Crippen LogP contribution in [0.5, 0.6) is 0 Å². The van der Waals surface area contributed by atoms with E-state index in [-0.39, 0.29) is 22.4 Å². The van der Waals surface area contributed by atoms with Gasteiger partial charge in [0.2, 0.25) is 10.0 Å². The predicted molar refractivity (Wildman–Crippen MR) is 232 cm³/mol. The van der Waals surface area contributed by atoms with Crippen molar-refractivity contribution in [1.82, 2.24) is 19.9 Å². The minimum absolute atomic E-state index is 0. The summed E-state index contributed by atoms with van der Waals surface area (Å²) in [7, 11) is 2.80. The number of aromatic nitrogens is 4. The number of thiazole rings is 4. The van der Waals surface area contributed by atoms with E-state index in [4.69, 9.17) is 14.8 Å². The minimum atomic E-state index is -2.46. The number of rotatable bonds is 16. The molecular formula is C39H63N4O7S4Sn-. The molecule has 0 aliphatic rings. The molecule has 0 aromatic carbocycles. The number of aromatic carboxylic acids is 1. The van der Waals surface area contributed by atoms with E-state index in [9.17, 15) is 14.4 Å². The summed E-state index contributed by atoms with van der Waals surface area (Å²) in [6.45, 7) is 21.2. The van der Waals surface area contributed by atoms with Gasteiger partial charge in [0.25, 0.3) is 0 Å². The van der Waals surface area contributed by atoms with Crippen molar-refractivity contribution < 1.29 is 34.4 Å². The van der Waals surface area contributed by atoms with Gasteiger partial charge in [-0.2, -0.15) is 0 Å². The maximum Gasteiger partial charge on any atom is 0.367 e. The maximum atomic E-state index is 11.7. The van der Waals surface area contributed by atoms with Crippen molar-refractivity contribution >= 4 is 85.3 Å². The molecule has 0 bridgehead atoms. The van der Waals surface area contributed by atoms with Crippen molar-refractivity contribution in [3.05, 3.63) is 58.6 Å². The molecule has 0 amide bonds. The van der Waals surface area contributed by atoms with E-state index in [0.29, 0.717) is 27.8 Å². The molecule has 310 valence electrons. The van der Waals surface area contributed by atoms with Crippen molar-refractivity contribution in [1.29, 1.82) is 0 Å². The largest absolute Gasteiger partial charge is 0.870 e. The van der Waals surface area contributed by atoms with Crippen LogP contribution in [0.3, 0.4) is 0 Å². The minimum Gasteiger partial charge on any atom is -0.870 e. The van der Waals surface area contributed by atoms with Crippen molar-refractivity contribution in [2.24, 2.45) is 0 Å². The first-order valence-electron chi connectivity index (χ1n) is 18.8. The van der Waals surface area contributed by atoms with Crippen molar-refractivity contribution in [3.8, 4) is 0 Å². The Morgan fingerprint density at radius 3 is 1.29 bits per heavy atom. The normalized spacial score (nSPS) is 10.7. The Balaban J connectivity index is 0.000000751. The quantitative estimate of drug-likeness (QED) is 0.0837. The Morgan fingerprint density at radius 1 is 0.618 bits per heavy atom. The smallest absolute Gasteiger partial charge is 0.367 e. The molecule has 4 rings (SSSR count). The van der Waals surface area contributed by atoms with Crippen molar-refractivity contribution in [3.63, 3.8) is 0 Å². The van der Waals surface area contributed by atoms with E-state index in [1.807, 2.05) is 40.0 Å². The van der Waals surface area contributed by atoms with E-state index < -0.39 is 24.3 Å². The average Bonchev–Trinajstić information content (AvgIpc) is 3.99. The SMILES string of the molecule is CC(C)c1csc(C(=O)O)n1.CCC[CH2][Sn]([CH2]CCC)([CH2]CCC)[c]1csc(C(=O)OC)n1.COC(=O)c1nc(C(C)C)cs1.Cc1nc(C(C)C)cs1.[OH-]. The predicted octanol–water partition coefficient (Wildman–Crippen LogP) is 11.4. The van der Waals surface area contributed by atoms with Crippen LogP contribution in [0.25, 0.3) is 0 Å². The Hall–Kier alpha value is -2.31. The molecule has 0 unspecified atom stereocenters. The van der Waals surface area contributed by atoms with Crippen LogP contribution in [0, 0.1) is 6.92 Å². The number of ether oxygens (including phenoxy) is 2. The summed E-state index contributed by atoms with van der Waals surface area (Å²) < 4.78 is 14.9. The van der Waals surface area contributed by atoms with Crippen molar-refractivity contribution in [2.75, 3.05) is 14.2 Å². The zero-order valence-electron chi connectivity index (χ0n) is 34.8. The molecule has 4 aromatic heterocycles. The van der Waals surface area contributed by atoms with Crippen LogP contribution >= 0.6 is 45.3 Å². The number of esters is 2. The van der Waals surface area contributed by atoms with Crippen LogP contribution in [-0.4, -0.2) is 81.0 Å². The van der Waals surface area contributed by atoms with Crippen LogP contribution in [0.15, 0.2) is 21.5 Å². The van der Waals surface area contributed by atoms with Gasteiger partial charge >= 0.3 is 156 Å². The second-order valence-corrected chi connectivity index (χ2v) is 30.5. The molecule has 0 fully saturated rings. The molecule has 0 aliphatic heterocycles. The maximum absolute atomic E-state index is 11.7. The zero-order chi connectivity index (χ0) is 40.8. The number of aryl methyl sites for hydroxylation is 1. The number of carboxylic acid groups (broad SMARTS) is 1. The average molecular weight is 947 g/mol. The summed E-state index contributed by atoms with van der Waals surface area (Å²) in [4.78, 5) is 50.2. The second-order valence-electron chi connectivity index (χ2n) is 13.8. The number of nitrogens with zero attached hydrogens (tertiary/aromatic N) is 4.